The fraction of sp³-hybridized carbons (Fsp3) is 0.526. The molecule has 2 fully saturated rings. The summed E-state index contributed by atoms with van der Waals surface area (Å²) in [4.78, 5) is 39.2. The number of piperidine rings is 2. The minimum atomic E-state index is -0.903. The van der Waals surface area contributed by atoms with Crippen LogP contribution in [0.25, 0.3) is 0 Å². The van der Waals surface area contributed by atoms with Gasteiger partial charge in [0.25, 0.3) is 5.91 Å². The molecule has 2 atom stereocenters. The summed E-state index contributed by atoms with van der Waals surface area (Å²) in [6.07, 6.45) is 2.12. The van der Waals surface area contributed by atoms with E-state index >= 15 is 0 Å². The van der Waals surface area contributed by atoms with Crippen LogP contribution in [0.3, 0.4) is 0 Å². The topological polar surface area (TPSA) is 86.7 Å². The van der Waals surface area contributed by atoms with Crippen molar-refractivity contribution < 1.29 is 19.5 Å². The Morgan fingerprint density at radius 2 is 2.12 bits per heavy atom. The predicted molar refractivity (Wildman–Crippen MR) is 90.3 cm³/mol. The number of rotatable bonds is 1. The summed E-state index contributed by atoms with van der Waals surface area (Å²) >= 11 is 0. The second-order valence-corrected chi connectivity index (χ2v) is 7.30. The molecule has 0 unspecified atom stereocenters. The first-order valence-corrected chi connectivity index (χ1v) is 8.94. The van der Waals surface area contributed by atoms with Gasteiger partial charge in [-0.25, -0.2) is 0 Å². The molecule has 0 aromatic heterocycles. The molecule has 1 aromatic carbocycles. The van der Waals surface area contributed by atoms with Gasteiger partial charge in [-0.2, -0.15) is 0 Å². The third-order valence-electron chi connectivity index (χ3n) is 5.92. The van der Waals surface area contributed by atoms with Crippen molar-refractivity contribution in [1.29, 1.82) is 0 Å². The van der Waals surface area contributed by atoms with Crippen LogP contribution in [0.4, 0.5) is 0 Å². The normalized spacial score (nSPS) is 28.8. The van der Waals surface area contributed by atoms with Crippen molar-refractivity contribution in [1.82, 2.24) is 10.2 Å². The van der Waals surface area contributed by atoms with E-state index in [1.807, 2.05) is 0 Å². The van der Waals surface area contributed by atoms with Gasteiger partial charge in [0.2, 0.25) is 5.91 Å². The number of aliphatic hydroxyl groups is 1. The summed E-state index contributed by atoms with van der Waals surface area (Å²) in [5.74, 6) is -0.213. The monoisotopic (exact) mass is 342 g/mol. The van der Waals surface area contributed by atoms with Crippen LogP contribution in [0, 0.1) is 5.41 Å². The average Bonchev–Trinajstić information content (AvgIpc) is 3.00. The third-order valence-corrected chi connectivity index (χ3v) is 5.92. The van der Waals surface area contributed by atoms with Crippen molar-refractivity contribution in [3.8, 4) is 0 Å². The number of hydrogen-bond donors (Lipinski definition) is 2. The van der Waals surface area contributed by atoms with E-state index < -0.39 is 11.5 Å². The first-order valence-electron chi connectivity index (χ1n) is 8.94. The van der Waals surface area contributed by atoms with Gasteiger partial charge >= 0.3 is 0 Å². The number of amides is 2. The van der Waals surface area contributed by atoms with Crippen molar-refractivity contribution in [2.75, 3.05) is 19.6 Å². The maximum Gasteiger partial charge on any atom is 0.254 e. The highest BCUT2D eigenvalue weighted by molar-refractivity contribution is 6.05. The van der Waals surface area contributed by atoms with Crippen molar-refractivity contribution in [3.63, 3.8) is 0 Å². The van der Waals surface area contributed by atoms with Gasteiger partial charge < -0.3 is 15.3 Å². The van der Waals surface area contributed by atoms with Crippen LogP contribution in [0.1, 0.15) is 52.0 Å². The zero-order valence-electron chi connectivity index (χ0n) is 14.1. The Labute approximate surface area is 146 Å². The Morgan fingerprint density at radius 3 is 2.92 bits per heavy atom. The lowest BCUT2D eigenvalue weighted by molar-refractivity contribution is -0.147. The Bertz CT molecular complexity index is 760. The van der Waals surface area contributed by atoms with E-state index in [1.165, 1.54) is 0 Å². The molecule has 4 rings (SSSR count). The van der Waals surface area contributed by atoms with Crippen LogP contribution >= 0.6 is 0 Å². The van der Waals surface area contributed by atoms with E-state index in [1.54, 1.807) is 23.1 Å². The van der Waals surface area contributed by atoms with Crippen LogP contribution in [0.2, 0.25) is 0 Å². The third kappa shape index (κ3) is 2.47. The molecule has 25 heavy (non-hydrogen) atoms. The highest BCUT2D eigenvalue weighted by Gasteiger charge is 2.50. The number of benzene rings is 1. The van der Waals surface area contributed by atoms with Gasteiger partial charge in [-0.15, -0.1) is 0 Å². The molecule has 0 radical (unpaired) electrons. The van der Waals surface area contributed by atoms with Crippen LogP contribution in [0.15, 0.2) is 18.2 Å². The molecule has 2 amide bonds. The fourth-order valence-corrected chi connectivity index (χ4v) is 4.48. The van der Waals surface area contributed by atoms with Crippen LogP contribution in [0.5, 0.6) is 0 Å². The molecule has 132 valence electrons. The summed E-state index contributed by atoms with van der Waals surface area (Å²) in [6, 6.07) is 5.28. The molecule has 2 heterocycles. The quantitative estimate of drug-likeness (QED) is 0.794. The van der Waals surface area contributed by atoms with E-state index in [0.717, 1.165) is 12.0 Å². The van der Waals surface area contributed by atoms with E-state index in [4.69, 9.17) is 0 Å². The van der Waals surface area contributed by atoms with E-state index in [2.05, 4.69) is 5.32 Å². The Morgan fingerprint density at radius 1 is 1.28 bits per heavy atom. The largest absolute Gasteiger partial charge is 0.392 e. The van der Waals surface area contributed by atoms with Crippen LogP contribution < -0.4 is 5.32 Å². The van der Waals surface area contributed by atoms with Gasteiger partial charge in [-0.1, -0.05) is 12.1 Å². The number of carbonyl (C=O) groups excluding carboxylic acids is 3. The van der Waals surface area contributed by atoms with E-state index in [-0.39, 0.29) is 24.1 Å². The summed E-state index contributed by atoms with van der Waals surface area (Å²) in [5.41, 5.74) is 1.13. The van der Waals surface area contributed by atoms with Crippen molar-refractivity contribution in [2.45, 2.75) is 38.2 Å². The van der Waals surface area contributed by atoms with Crippen molar-refractivity contribution >= 4 is 17.6 Å². The molecule has 6 heteroatoms. The lowest BCUT2D eigenvalue weighted by Gasteiger charge is -2.46. The molecule has 1 aliphatic carbocycles. The molecule has 1 spiro atoms. The molecule has 6 nitrogen and oxygen atoms in total. The second kappa shape index (κ2) is 5.95. The van der Waals surface area contributed by atoms with Crippen LogP contribution in [-0.4, -0.2) is 53.3 Å². The van der Waals surface area contributed by atoms with Crippen LogP contribution in [-0.2, 0) is 11.2 Å². The second-order valence-electron chi connectivity index (χ2n) is 7.30. The lowest BCUT2D eigenvalue weighted by Crippen LogP contribution is -2.62. The molecule has 0 saturated carbocycles. The first kappa shape index (κ1) is 16.3. The number of carbonyl (C=O) groups is 3. The van der Waals surface area contributed by atoms with Gasteiger partial charge in [0, 0.05) is 37.2 Å². The number of aliphatic hydroxyl groups excluding tert-OH is 1. The zero-order valence-corrected chi connectivity index (χ0v) is 14.1. The highest BCUT2D eigenvalue weighted by Crippen LogP contribution is 2.38. The number of Topliss-reactive ketones (excluding diaryl/α,β-unsaturated/α-hetero) is 1. The summed E-state index contributed by atoms with van der Waals surface area (Å²) in [7, 11) is 0. The molecular formula is C19H22N2O4. The molecule has 0 bridgehead atoms. The molecule has 3 aliphatic rings. The van der Waals surface area contributed by atoms with Gasteiger partial charge in [0.15, 0.2) is 5.78 Å². The van der Waals surface area contributed by atoms with Gasteiger partial charge in [-0.3, -0.25) is 14.4 Å². The number of nitrogens with zero attached hydrogens (tertiary/aromatic N) is 1. The highest BCUT2D eigenvalue weighted by atomic mass is 16.3. The average molecular weight is 342 g/mol. The van der Waals surface area contributed by atoms with Gasteiger partial charge in [-0.05, 0) is 37.3 Å². The summed E-state index contributed by atoms with van der Waals surface area (Å²) in [6.45, 7) is 1.28. The van der Waals surface area contributed by atoms with Crippen molar-refractivity contribution in [2.24, 2.45) is 5.41 Å². The number of nitrogens with one attached hydrogen (secondary N) is 1. The minimum Gasteiger partial charge on any atom is -0.392 e. The fourth-order valence-electron chi connectivity index (χ4n) is 4.48. The Balaban J connectivity index is 1.64. The summed E-state index contributed by atoms with van der Waals surface area (Å²) in [5, 5.41) is 13.3. The predicted octanol–water partition coefficient (Wildman–Crippen LogP) is 0.919. The number of likely N-dealkylation sites (tertiary alicyclic amines) is 1. The molecule has 1 aromatic rings. The SMILES string of the molecule is O=C1CCc2c1cccc2C(=O)N1CC[C@H](O)[C@@]2(CCCNC2=O)C1. The smallest absolute Gasteiger partial charge is 0.254 e. The van der Waals surface area contributed by atoms with E-state index in [9.17, 15) is 19.5 Å². The molecular weight excluding hydrogens is 320 g/mol. The van der Waals surface area contributed by atoms with E-state index in [0.29, 0.717) is 49.9 Å². The molecule has 2 aliphatic heterocycles. The molecule has 2 saturated heterocycles. The Hall–Kier alpha value is -2.21. The number of fused-ring (bicyclic) bond motifs is 1. The zero-order chi connectivity index (χ0) is 17.6. The standard InChI is InChI=1S/C19H22N2O4/c22-15-6-5-12-13(15)3-1-4-14(12)17(24)21-10-7-16(23)19(11-21)8-2-9-20-18(19)25/h1,3-4,16,23H,2,5-11H2,(H,20,25)/t16-,19+/m0/s1. The first-order chi connectivity index (χ1) is 12.0. The summed E-state index contributed by atoms with van der Waals surface area (Å²) < 4.78 is 0. The Kier molecular flexibility index (Phi) is 3.87. The minimum absolute atomic E-state index is 0.0850. The maximum atomic E-state index is 13.1. The number of ketones is 1. The lowest BCUT2D eigenvalue weighted by atomic mass is 9.71. The van der Waals surface area contributed by atoms with Gasteiger partial charge in [0.05, 0.1) is 11.5 Å². The number of hydrogen-bond acceptors (Lipinski definition) is 4. The van der Waals surface area contributed by atoms with Gasteiger partial charge in [0.1, 0.15) is 0 Å². The maximum absolute atomic E-state index is 13.1. The van der Waals surface area contributed by atoms with Crippen molar-refractivity contribution in [3.05, 3.63) is 34.9 Å². The molecule has 2 N–H and O–H groups in total.